The zero-order chi connectivity index (χ0) is 18.6. The molecule has 1 aromatic carbocycles. The zero-order valence-electron chi connectivity index (χ0n) is 15.4. The summed E-state index contributed by atoms with van der Waals surface area (Å²) < 4.78 is 5.39. The molecular formula is C18H27N3O4. The normalized spacial score (nSPS) is 17.9. The molecule has 25 heavy (non-hydrogen) atoms. The summed E-state index contributed by atoms with van der Waals surface area (Å²) in [5, 5.41) is 11.3. The van der Waals surface area contributed by atoms with Gasteiger partial charge in [-0.25, -0.2) is 4.79 Å². The summed E-state index contributed by atoms with van der Waals surface area (Å²) in [6.45, 7) is 7.59. The molecule has 0 aliphatic carbocycles. The number of ether oxygens (including phenoxy) is 1. The lowest BCUT2D eigenvalue weighted by atomic mass is 9.97. The number of amides is 1. The van der Waals surface area contributed by atoms with Crippen molar-refractivity contribution >= 4 is 17.5 Å². The van der Waals surface area contributed by atoms with Gasteiger partial charge >= 0.3 is 6.09 Å². The molecule has 1 aliphatic heterocycles. The standard InChI is InChI=1S/C18H27N3O4/c1-18(2,3)25-17(22)19(4)12-14-8-7-11-20(13-14)15-9-5-6-10-16(15)21(23)24/h5-6,9-10,14H,7-8,11-13H2,1-4H3/t14-/m1/s1. The Labute approximate surface area is 148 Å². The second-order valence-corrected chi connectivity index (χ2v) is 7.56. The number of benzene rings is 1. The van der Waals surface area contributed by atoms with Crippen molar-refractivity contribution in [1.82, 2.24) is 4.90 Å². The minimum Gasteiger partial charge on any atom is -0.444 e. The van der Waals surface area contributed by atoms with E-state index in [1.807, 2.05) is 26.8 Å². The summed E-state index contributed by atoms with van der Waals surface area (Å²) in [5.74, 6) is 0.256. The fourth-order valence-corrected chi connectivity index (χ4v) is 3.12. The zero-order valence-corrected chi connectivity index (χ0v) is 15.4. The summed E-state index contributed by atoms with van der Waals surface area (Å²) in [5.41, 5.74) is 0.259. The van der Waals surface area contributed by atoms with Crippen LogP contribution in [0.2, 0.25) is 0 Å². The van der Waals surface area contributed by atoms with Crippen molar-refractivity contribution in [3.05, 3.63) is 34.4 Å². The van der Waals surface area contributed by atoms with Crippen molar-refractivity contribution < 1.29 is 14.5 Å². The van der Waals surface area contributed by atoms with Crippen LogP contribution in [0.3, 0.4) is 0 Å². The molecule has 0 bridgehead atoms. The number of para-hydroxylation sites is 2. The smallest absolute Gasteiger partial charge is 0.410 e. The van der Waals surface area contributed by atoms with E-state index in [-0.39, 0.29) is 22.6 Å². The van der Waals surface area contributed by atoms with Gasteiger partial charge in [-0.15, -0.1) is 0 Å². The van der Waals surface area contributed by atoms with Gasteiger partial charge in [-0.2, -0.15) is 0 Å². The largest absolute Gasteiger partial charge is 0.444 e. The number of anilines is 1. The fourth-order valence-electron chi connectivity index (χ4n) is 3.12. The third-order valence-electron chi connectivity index (χ3n) is 4.18. The molecule has 1 aliphatic rings. The van der Waals surface area contributed by atoms with Crippen LogP contribution in [0, 0.1) is 16.0 Å². The van der Waals surface area contributed by atoms with Crippen molar-refractivity contribution in [2.75, 3.05) is 31.6 Å². The Hall–Kier alpha value is -2.31. The van der Waals surface area contributed by atoms with Crippen LogP contribution in [0.4, 0.5) is 16.2 Å². The van der Waals surface area contributed by atoms with Crippen molar-refractivity contribution in [2.45, 2.75) is 39.2 Å². The molecule has 2 rings (SSSR count). The van der Waals surface area contributed by atoms with Crippen LogP contribution >= 0.6 is 0 Å². The highest BCUT2D eigenvalue weighted by molar-refractivity contribution is 5.67. The number of carbonyl (C=O) groups excluding carboxylic acids is 1. The van der Waals surface area contributed by atoms with Gasteiger partial charge < -0.3 is 14.5 Å². The number of rotatable bonds is 4. The Bertz CT molecular complexity index is 627. The van der Waals surface area contributed by atoms with Crippen molar-refractivity contribution in [2.24, 2.45) is 5.92 Å². The number of piperidine rings is 1. The Balaban J connectivity index is 2.02. The third-order valence-corrected chi connectivity index (χ3v) is 4.18. The molecule has 0 saturated carbocycles. The molecule has 7 nitrogen and oxygen atoms in total. The highest BCUT2D eigenvalue weighted by atomic mass is 16.6. The van der Waals surface area contributed by atoms with E-state index in [1.54, 1.807) is 24.1 Å². The average Bonchev–Trinajstić information content (AvgIpc) is 2.53. The van der Waals surface area contributed by atoms with Crippen LogP contribution in [-0.4, -0.2) is 48.2 Å². The summed E-state index contributed by atoms with van der Waals surface area (Å²) in [7, 11) is 1.73. The molecule has 7 heteroatoms. The highest BCUT2D eigenvalue weighted by Gasteiger charge is 2.28. The van der Waals surface area contributed by atoms with Gasteiger partial charge in [0.15, 0.2) is 0 Å². The first kappa shape index (κ1) is 19.0. The molecule has 1 aromatic rings. The average molecular weight is 349 g/mol. The van der Waals surface area contributed by atoms with Crippen LogP contribution in [0.25, 0.3) is 0 Å². The molecule has 138 valence electrons. The molecule has 0 spiro atoms. The summed E-state index contributed by atoms with van der Waals surface area (Å²) in [6.07, 6.45) is 1.60. The van der Waals surface area contributed by atoms with E-state index >= 15 is 0 Å². The van der Waals surface area contributed by atoms with E-state index in [9.17, 15) is 14.9 Å². The van der Waals surface area contributed by atoms with E-state index in [2.05, 4.69) is 4.90 Å². The molecule has 1 heterocycles. The summed E-state index contributed by atoms with van der Waals surface area (Å²) in [6, 6.07) is 6.82. The number of nitrogens with zero attached hydrogens (tertiary/aromatic N) is 3. The van der Waals surface area contributed by atoms with Gasteiger partial charge in [0, 0.05) is 32.7 Å². The van der Waals surface area contributed by atoms with Gasteiger partial charge in [-0.1, -0.05) is 12.1 Å². The molecule has 1 amide bonds. The molecule has 0 radical (unpaired) electrons. The van der Waals surface area contributed by atoms with Crippen molar-refractivity contribution in [1.29, 1.82) is 0 Å². The number of hydrogen-bond donors (Lipinski definition) is 0. The Morgan fingerprint density at radius 2 is 2.08 bits per heavy atom. The van der Waals surface area contributed by atoms with E-state index < -0.39 is 5.60 Å². The lowest BCUT2D eigenvalue weighted by Gasteiger charge is -2.36. The number of carbonyl (C=O) groups is 1. The Morgan fingerprint density at radius 3 is 2.72 bits per heavy atom. The maximum atomic E-state index is 12.1. The molecule has 1 atom stereocenters. The van der Waals surface area contributed by atoms with Gasteiger partial charge in [0.1, 0.15) is 11.3 Å². The minimum absolute atomic E-state index is 0.128. The maximum Gasteiger partial charge on any atom is 0.410 e. The SMILES string of the molecule is CN(C[C@H]1CCCN(c2ccccc2[N+](=O)[O-])C1)C(=O)OC(C)(C)C. The molecule has 1 fully saturated rings. The van der Waals surface area contributed by atoms with Crippen molar-refractivity contribution in [3.8, 4) is 0 Å². The van der Waals surface area contributed by atoms with Crippen LogP contribution in [-0.2, 0) is 4.74 Å². The van der Waals surface area contributed by atoms with Crippen LogP contribution < -0.4 is 4.90 Å². The Morgan fingerprint density at radius 1 is 1.40 bits per heavy atom. The van der Waals surface area contributed by atoms with Crippen molar-refractivity contribution in [3.63, 3.8) is 0 Å². The summed E-state index contributed by atoms with van der Waals surface area (Å²) >= 11 is 0. The predicted molar refractivity (Wildman–Crippen MR) is 96.9 cm³/mol. The number of nitro groups is 1. The Kier molecular flexibility index (Phi) is 5.87. The lowest BCUT2D eigenvalue weighted by molar-refractivity contribution is -0.384. The van der Waals surface area contributed by atoms with E-state index in [0.29, 0.717) is 18.8 Å². The van der Waals surface area contributed by atoms with Gasteiger partial charge in [-0.05, 0) is 45.6 Å². The first-order valence-corrected chi connectivity index (χ1v) is 8.60. The molecule has 0 N–H and O–H groups in total. The second-order valence-electron chi connectivity index (χ2n) is 7.56. The third kappa shape index (κ3) is 5.34. The van der Waals surface area contributed by atoms with Crippen LogP contribution in [0.5, 0.6) is 0 Å². The predicted octanol–water partition coefficient (Wildman–Crippen LogP) is 3.68. The van der Waals surface area contributed by atoms with Crippen LogP contribution in [0.15, 0.2) is 24.3 Å². The first-order valence-electron chi connectivity index (χ1n) is 8.60. The molecular weight excluding hydrogens is 322 g/mol. The number of nitro benzene ring substituents is 1. The van der Waals surface area contributed by atoms with Gasteiger partial charge in [0.25, 0.3) is 5.69 Å². The number of hydrogen-bond acceptors (Lipinski definition) is 5. The summed E-state index contributed by atoms with van der Waals surface area (Å²) in [4.78, 5) is 26.7. The van der Waals surface area contributed by atoms with Gasteiger partial charge in [0.2, 0.25) is 0 Å². The maximum absolute atomic E-state index is 12.1. The van der Waals surface area contributed by atoms with E-state index in [4.69, 9.17) is 4.74 Å². The second kappa shape index (κ2) is 7.72. The fraction of sp³-hybridized carbons (Fsp3) is 0.611. The van der Waals surface area contributed by atoms with E-state index in [0.717, 1.165) is 19.4 Å². The lowest BCUT2D eigenvalue weighted by Crippen LogP contribution is -2.43. The highest BCUT2D eigenvalue weighted by Crippen LogP contribution is 2.31. The molecule has 0 unspecified atom stereocenters. The topological polar surface area (TPSA) is 75.9 Å². The van der Waals surface area contributed by atoms with Gasteiger partial charge in [0.05, 0.1) is 4.92 Å². The van der Waals surface area contributed by atoms with E-state index in [1.165, 1.54) is 6.07 Å². The van der Waals surface area contributed by atoms with Gasteiger partial charge in [-0.3, -0.25) is 10.1 Å². The van der Waals surface area contributed by atoms with Crippen LogP contribution in [0.1, 0.15) is 33.6 Å². The monoisotopic (exact) mass is 349 g/mol. The first-order chi connectivity index (χ1) is 11.7. The molecule has 0 aromatic heterocycles. The molecule has 1 saturated heterocycles. The minimum atomic E-state index is -0.519. The quantitative estimate of drug-likeness (QED) is 0.612.